The summed E-state index contributed by atoms with van der Waals surface area (Å²) < 4.78 is 18.7. The number of hydrogen-bond donors (Lipinski definition) is 1. The monoisotopic (exact) mass is 306 g/mol. The lowest BCUT2D eigenvalue weighted by atomic mass is 10.1. The molecule has 0 spiro atoms. The van der Waals surface area contributed by atoms with Gasteiger partial charge in [-0.05, 0) is 35.9 Å². The number of carbonyl (C=O) groups is 1. The second kappa shape index (κ2) is 5.26. The maximum absolute atomic E-state index is 13.3. The van der Waals surface area contributed by atoms with Crippen LogP contribution in [-0.4, -0.2) is 12.5 Å². The number of nitrogens with two attached hydrogens (primary N) is 1. The number of amides is 1. The Balaban J connectivity index is 1.98. The Labute approximate surface area is 125 Å². The molecule has 0 aliphatic carbocycles. The minimum Gasteiger partial charge on any atom is -0.481 e. The Hall–Kier alpha value is -2.27. The summed E-state index contributed by atoms with van der Waals surface area (Å²) in [5.41, 5.74) is 7.39. The van der Waals surface area contributed by atoms with Crippen LogP contribution in [0.2, 0.25) is 5.02 Å². The van der Waals surface area contributed by atoms with Gasteiger partial charge in [0.1, 0.15) is 11.6 Å². The number of nitrogen functional groups attached to an aromatic ring is 1. The van der Waals surface area contributed by atoms with Gasteiger partial charge >= 0.3 is 0 Å². The molecule has 0 saturated heterocycles. The SMILES string of the molecule is Nc1ccc2c(c1)OCC(=O)N2Cc1cc(F)ccc1Cl. The van der Waals surface area contributed by atoms with E-state index in [1.807, 2.05) is 0 Å². The first-order valence-electron chi connectivity index (χ1n) is 6.31. The van der Waals surface area contributed by atoms with Crippen molar-refractivity contribution in [1.82, 2.24) is 0 Å². The highest BCUT2D eigenvalue weighted by atomic mass is 35.5. The lowest BCUT2D eigenvalue weighted by Crippen LogP contribution is -2.38. The van der Waals surface area contributed by atoms with E-state index in [4.69, 9.17) is 22.1 Å². The standard InChI is InChI=1S/C15H12ClFN2O2/c16-12-3-1-10(17)5-9(12)7-19-13-4-2-11(18)6-14(13)21-8-15(19)20/h1-6H,7-8,18H2. The summed E-state index contributed by atoms with van der Waals surface area (Å²) in [5.74, 6) is -0.0811. The van der Waals surface area contributed by atoms with Crippen molar-refractivity contribution in [2.75, 3.05) is 17.2 Å². The molecule has 3 rings (SSSR count). The van der Waals surface area contributed by atoms with E-state index in [1.165, 1.54) is 23.1 Å². The van der Waals surface area contributed by atoms with E-state index in [2.05, 4.69) is 0 Å². The molecule has 0 radical (unpaired) electrons. The second-order valence-electron chi connectivity index (χ2n) is 4.73. The topological polar surface area (TPSA) is 55.6 Å². The van der Waals surface area contributed by atoms with Crippen molar-refractivity contribution in [2.45, 2.75) is 6.54 Å². The highest BCUT2D eigenvalue weighted by Crippen LogP contribution is 2.35. The minimum absolute atomic E-state index is 0.0800. The zero-order valence-corrected chi connectivity index (χ0v) is 11.7. The minimum atomic E-state index is -0.396. The van der Waals surface area contributed by atoms with E-state index in [0.29, 0.717) is 27.7 Å². The van der Waals surface area contributed by atoms with Crippen molar-refractivity contribution in [2.24, 2.45) is 0 Å². The third kappa shape index (κ3) is 2.64. The van der Waals surface area contributed by atoms with Crippen LogP contribution in [0.5, 0.6) is 5.75 Å². The largest absolute Gasteiger partial charge is 0.481 e. The summed E-state index contributed by atoms with van der Waals surface area (Å²) >= 11 is 6.06. The number of halogens is 2. The summed E-state index contributed by atoms with van der Waals surface area (Å²) in [6.45, 7) is 0.0963. The third-order valence-corrected chi connectivity index (χ3v) is 3.63. The smallest absolute Gasteiger partial charge is 0.265 e. The van der Waals surface area contributed by atoms with Crippen LogP contribution in [0.3, 0.4) is 0 Å². The van der Waals surface area contributed by atoms with Crippen LogP contribution >= 0.6 is 11.6 Å². The summed E-state index contributed by atoms with van der Waals surface area (Å²) in [5, 5.41) is 0.410. The first kappa shape index (κ1) is 13.7. The average molecular weight is 307 g/mol. The highest BCUT2D eigenvalue weighted by Gasteiger charge is 2.26. The van der Waals surface area contributed by atoms with E-state index in [1.54, 1.807) is 18.2 Å². The van der Waals surface area contributed by atoms with Crippen LogP contribution in [0.4, 0.5) is 15.8 Å². The molecule has 0 bridgehead atoms. The van der Waals surface area contributed by atoms with Crippen molar-refractivity contribution >= 4 is 28.9 Å². The second-order valence-corrected chi connectivity index (χ2v) is 5.14. The number of nitrogens with zero attached hydrogens (tertiary/aromatic N) is 1. The highest BCUT2D eigenvalue weighted by molar-refractivity contribution is 6.31. The van der Waals surface area contributed by atoms with Crippen molar-refractivity contribution < 1.29 is 13.9 Å². The molecule has 6 heteroatoms. The molecule has 0 atom stereocenters. The fourth-order valence-corrected chi connectivity index (χ4v) is 2.41. The first-order chi connectivity index (χ1) is 10.0. The molecule has 1 amide bonds. The van der Waals surface area contributed by atoms with Gasteiger partial charge in [-0.1, -0.05) is 11.6 Å². The van der Waals surface area contributed by atoms with Crippen LogP contribution in [-0.2, 0) is 11.3 Å². The summed E-state index contributed by atoms with van der Waals surface area (Å²) in [7, 11) is 0. The molecule has 1 aliphatic rings. The summed E-state index contributed by atoms with van der Waals surface area (Å²) in [4.78, 5) is 13.6. The number of hydrogen-bond acceptors (Lipinski definition) is 3. The molecule has 2 aromatic rings. The molecular weight excluding hydrogens is 295 g/mol. The lowest BCUT2D eigenvalue weighted by Gasteiger charge is -2.29. The van der Waals surface area contributed by atoms with Crippen molar-refractivity contribution in [3.8, 4) is 5.75 Å². The summed E-state index contributed by atoms with van der Waals surface area (Å²) in [6.07, 6.45) is 0. The van der Waals surface area contributed by atoms with Crippen molar-refractivity contribution in [3.05, 3.63) is 52.8 Å². The van der Waals surface area contributed by atoms with Gasteiger partial charge in [0.2, 0.25) is 0 Å². The molecule has 4 nitrogen and oxygen atoms in total. The average Bonchev–Trinajstić information content (AvgIpc) is 2.45. The third-order valence-electron chi connectivity index (χ3n) is 3.26. The van der Waals surface area contributed by atoms with Gasteiger partial charge in [0.25, 0.3) is 5.91 Å². The van der Waals surface area contributed by atoms with Crippen LogP contribution in [0.1, 0.15) is 5.56 Å². The first-order valence-corrected chi connectivity index (χ1v) is 6.69. The Bertz CT molecular complexity index is 721. The zero-order chi connectivity index (χ0) is 15.0. The van der Waals surface area contributed by atoms with E-state index < -0.39 is 5.82 Å². The maximum atomic E-state index is 13.3. The van der Waals surface area contributed by atoms with Gasteiger partial charge in [0.15, 0.2) is 6.61 Å². The van der Waals surface area contributed by atoms with Gasteiger partial charge in [-0.25, -0.2) is 4.39 Å². The predicted octanol–water partition coefficient (Wildman–Crippen LogP) is 2.99. The van der Waals surface area contributed by atoms with E-state index in [0.717, 1.165) is 0 Å². The lowest BCUT2D eigenvalue weighted by molar-refractivity contribution is -0.121. The van der Waals surface area contributed by atoms with Gasteiger partial charge < -0.3 is 15.4 Å². The predicted molar refractivity (Wildman–Crippen MR) is 78.9 cm³/mol. The van der Waals surface area contributed by atoms with Crippen LogP contribution in [0.25, 0.3) is 0 Å². The normalized spacial score (nSPS) is 13.8. The molecule has 0 aromatic heterocycles. The van der Waals surface area contributed by atoms with Crippen molar-refractivity contribution in [3.63, 3.8) is 0 Å². The quantitative estimate of drug-likeness (QED) is 0.868. The molecule has 0 saturated carbocycles. The molecule has 108 valence electrons. The number of anilines is 2. The van der Waals surface area contributed by atoms with E-state index in [9.17, 15) is 9.18 Å². The number of fused-ring (bicyclic) bond motifs is 1. The number of rotatable bonds is 2. The Kier molecular flexibility index (Phi) is 3.43. The van der Waals surface area contributed by atoms with Crippen molar-refractivity contribution in [1.29, 1.82) is 0 Å². The van der Waals surface area contributed by atoms with E-state index >= 15 is 0 Å². The molecule has 21 heavy (non-hydrogen) atoms. The van der Waals surface area contributed by atoms with Gasteiger partial charge in [-0.3, -0.25) is 4.79 Å². The fraction of sp³-hybridized carbons (Fsp3) is 0.133. The molecule has 1 aliphatic heterocycles. The maximum Gasteiger partial charge on any atom is 0.265 e. The number of carbonyl (C=O) groups excluding carboxylic acids is 1. The molecule has 1 heterocycles. The van der Waals surface area contributed by atoms with Gasteiger partial charge in [0.05, 0.1) is 12.2 Å². The van der Waals surface area contributed by atoms with Crippen LogP contribution in [0.15, 0.2) is 36.4 Å². The summed E-state index contributed by atoms with van der Waals surface area (Å²) in [6, 6.07) is 9.11. The van der Waals surface area contributed by atoms with Crippen LogP contribution < -0.4 is 15.4 Å². The Morgan fingerprint density at radius 3 is 2.90 bits per heavy atom. The molecule has 2 aromatic carbocycles. The van der Waals surface area contributed by atoms with Gasteiger partial charge in [0, 0.05) is 16.8 Å². The Morgan fingerprint density at radius 1 is 1.29 bits per heavy atom. The number of benzene rings is 2. The molecule has 0 fully saturated rings. The van der Waals surface area contributed by atoms with Crippen LogP contribution in [0, 0.1) is 5.82 Å². The Morgan fingerprint density at radius 2 is 2.10 bits per heavy atom. The van der Waals surface area contributed by atoms with E-state index in [-0.39, 0.29) is 19.1 Å². The molecule has 0 unspecified atom stereocenters. The molecular formula is C15H12ClFN2O2. The number of ether oxygens (including phenoxy) is 1. The fourth-order valence-electron chi connectivity index (χ4n) is 2.23. The zero-order valence-electron chi connectivity index (χ0n) is 11.0. The molecule has 2 N–H and O–H groups in total. The van der Waals surface area contributed by atoms with Gasteiger partial charge in [-0.2, -0.15) is 0 Å². The van der Waals surface area contributed by atoms with Gasteiger partial charge in [-0.15, -0.1) is 0 Å².